The van der Waals surface area contributed by atoms with E-state index in [-0.39, 0.29) is 17.7 Å². The molecular formula is C21H20ClN3O2S. The van der Waals surface area contributed by atoms with Crippen LogP contribution < -0.4 is 10.6 Å². The summed E-state index contributed by atoms with van der Waals surface area (Å²) in [5.74, 6) is -0.380. The first-order valence-corrected chi connectivity index (χ1v) is 10.1. The fourth-order valence-electron chi connectivity index (χ4n) is 2.42. The second-order valence-electron chi connectivity index (χ2n) is 6.57. The Morgan fingerprint density at radius 3 is 2.61 bits per heavy atom. The highest BCUT2D eigenvalue weighted by atomic mass is 35.5. The lowest BCUT2D eigenvalue weighted by molar-refractivity contribution is -0.118. The van der Waals surface area contributed by atoms with Gasteiger partial charge in [0.2, 0.25) is 5.91 Å². The van der Waals surface area contributed by atoms with Gasteiger partial charge >= 0.3 is 0 Å². The van der Waals surface area contributed by atoms with Crippen molar-refractivity contribution in [1.29, 1.82) is 0 Å². The van der Waals surface area contributed by atoms with Gasteiger partial charge in [0.1, 0.15) is 10.7 Å². The minimum atomic E-state index is -0.243. The van der Waals surface area contributed by atoms with Crippen molar-refractivity contribution in [1.82, 2.24) is 10.3 Å². The van der Waals surface area contributed by atoms with Crippen LogP contribution in [0.1, 0.15) is 29.9 Å². The van der Waals surface area contributed by atoms with Crippen LogP contribution in [0.4, 0.5) is 5.69 Å². The number of nitrogens with zero attached hydrogens (tertiary/aromatic N) is 1. The van der Waals surface area contributed by atoms with Gasteiger partial charge in [0.15, 0.2) is 0 Å². The average Bonchev–Trinajstić information content (AvgIpc) is 3.17. The van der Waals surface area contributed by atoms with Crippen molar-refractivity contribution in [2.45, 2.75) is 20.4 Å². The molecular weight excluding hydrogens is 394 g/mol. The summed E-state index contributed by atoms with van der Waals surface area (Å²) < 4.78 is 0. The van der Waals surface area contributed by atoms with E-state index >= 15 is 0 Å². The molecule has 0 aliphatic heterocycles. The van der Waals surface area contributed by atoms with Crippen LogP contribution in [0.15, 0.2) is 53.9 Å². The molecule has 0 atom stereocenters. The third kappa shape index (κ3) is 5.18. The van der Waals surface area contributed by atoms with Crippen molar-refractivity contribution in [3.8, 4) is 10.6 Å². The number of hydrogen-bond acceptors (Lipinski definition) is 4. The Morgan fingerprint density at radius 2 is 1.89 bits per heavy atom. The molecule has 2 aromatic carbocycles. The number of anilines is 1. The number of benzene rings is 2. The van der Waals surface area contributed by atoms with E-state index in [1.165, 1.54) is 11.3 Å². The number of thiazole rings is 1. The SMILES string of the molecule is CC(C)C(=O)Nc1cccc(CNC(=O)c2csc(-c3ccc(Cl)cc3)n2)c1. The smallest absolute Gasteiger partial charge is 0.271 e. The zero-order chi connectivity index (χ0) is 20.1. The van der Waals surface area contributed by atoms with E-state index in [1.54, 1.807) is 17.5 Å². The predicted molar refractivity (Wildman–Crippen MR) is 114 cm³/mol. The predicted octanol–water partition coefficient (Wildman–Crippen LogP) is 4.99. The van der Waals surface area contributed by atoms with Crippen molar-refractivity contribution < 1.29 is 9.59 Å². The van der Waals surface area contributed by atoms with Crippen LogP contribution >= 0.6 is 22.9 Å². The molecule has 0 fully saturated rings. The van der Waals surface area contributed by atoms with E-state index in [4.69, 9.17) is 11.6 Å². The van der Waals surface area contributed by atoms with Gasteiger partial charge in [0.25, 0.3) is 5.91 Å². The maximum Gasteiger partial charge on any atom is 0.271 e. The number of aromatic nitrogens is 1. The minimum Gasteiger partial charge on any atom is -0.347 e. The molecule has 3 rings (SSSR count). The first-order valence-electron chi connectivity index (χ1n) is 8.82. The van der Waals surface area contributed by atoms with Crippen LogP contribution in [-0.4, -0.2) is 16.8 Å². The third-order valence-corrected chi connectivity index (χ3v) is 5.14. The van der Waals surface area contributed by atoms with E-state index < -0.39 is 0 Å². The van der Waals surface area contributed by atoms with Gasteiger partial charge in [-0.2, -0.15) is 0 Å². The summed E-state index contributed by atoms with van der Waals surface area (Å²) in [5.41, 5.74) is 2.90. The largest absolute Gasteiger partial charge is 0.347 e. The second kappa shape index (κ2) is 8.99. The normalized spacial score (nSPS) is 10.7. The molecule has 5 nitrogen and oxygen atoms in total. The molecule has 0 unspecified atom stereocenters. The van der Waals surface area contributed by atoms with Gasteiger partial charge in [-0.3, -0.25) is 9.59 Å². The van der Waals surface area contributed by atoms with Crippen LogP contribution in [0.3, 0.4) is 0 Å². The molecule has 0 radical (unpaired) electrons. The number of nitrogens with one attached hydrogen (secondary N) is 2. The van der Waals surface area contributed by atoms with Gasteiger partial charge in [0, 0.05) is 34.1 Å². The van der Waals surface area contributed by atoms with Crippen LogP contribution in [0.25, 0.3) is 10.6 Å². The number of rotatable bonds is 6. The first-order chi connectivity index (χ1) is 13.4. The summed E-state index contributed by atoms with van der Waals surface area (Å²) in [5, 5.41) is 8.87. The molecule has 0 saturated carbocycles. The minimum absolute atomic E-state index is 0.0432. The molecule has 0 aliphatic carbocycles. The van der Waals surface area contributed by atoms with E-state index in [0.29, 0.717) is 22.9 Å². The lowest BCUT2D eigenvalue weighted by atomic mass is 10.1. The number of carbonyl (C=O) groups excluding carboxylic acids is 2. The van der Waals surface area contributed by atoms with Gasteiger partial charge in [-0.15, -0.1) is 11.3 Å². The maximum atomic E-state index is 12.4. The Balaban J connectivity index is 1.61. The van der Waals surface area contributed by atoms with Crippen molar-refractivity contribution in [2.75, 3.05) is 5.32 Å². The monoisotopic (exact) mass is 413 g/mol. The van der Waals surface area contributed by atoms with Gasteiger partial charge in [-0.25, -0.2) is 4.98 Å². The summed E-state index contributed by atoms with van der Waals surface area (Å²) in [6, 6.07) is 14.8. The summed E-state index contributed by atoms with van der Waals surface area (Å²) in [6.45, 7) is 4.02. The van der Waals surface area contributed by atoms with E-state index in [9.17, 15) is 9.59 Å². The van der Waals surface area contributed by atoms with Gasteiger partial charge in [-0.05, 0) is 29.8 Å². The van der Waals surface area contributed by atoms with Crippen molar-refractivity contribution in [3.63, 3.8) is 0 Å². The van der Waals surface area contributed by atoms with Crippen LogP contribution in [0.5, 0.6) is 0 Å². The molecule has 1 aromatic heterocycles. The van der Waals surface area contributed by atoms with Crippen molar-refractivity contribution in [2.24, 2.45) is 5.92 Å². The maximum absolute atomic E-state index is 12.4. The molecule has 28 heavy (non-hydrogen) atoms. The summed E-state index contributed by atoms with van der Waals surface area (Å²) in [6.07, 6.45) is 0. The van der Waals surface area contributed by atoms with Gasteiger partial charge < -0.3 is 10.6 Å². The van der Waals surface area contributed by atoms with Gasteiger partial charge in [0.05, 0.1) is 0 Å². The van der Waals surface area contributed by atoms with Crippen LogP contribution in [-0.2, 0) is 11.3 Å². The molecule has 0 aliphatic rings. The topological polar surface area (TPSA) is 71.1 Å². The molecule has 3 aromatic rings. The molecule has 2 N–H and O–H groups in total. The number of halogens is 1. The molecule has 0 saturated heterocycles. The van der Waals surface area contributed by atoms with Crippen LogP contribution in [0, 0.1) is 5.92 Å². The van der Waals surface area contributed by atoms with Crippen molar-refractivity contribution in [3.05, 3.63) is 70.2 Å². The second-order valence-corrected chi connectivity index (χ2v) is 7.87. The molecule has 144 valence electrons. The molecule has 7 heteroatoms. The molecule has 2 amide bonds. The molecule has 1 heterocycles. The Labute approximate surface area is 172 Å². The first kappa shape index (κ1) is 20.0. The molecule has 0 spiro atoms. The van der Waals surface area contributed by atoms with Crippen LogP contribution in [0.2, 0.25) is 5.02 Å². The standard InChI is InChI=1S/C21H20ClN3O2S/c1-13(2)19(26)24-17-5-3-4-14(10-17)11-23-20(27)18-12-28-21(25-18)15-6-8-16(22)9-7-15/h3-10,12-13H,11H2,1-2H3,(H,23,27)(H,24,26). The fraction of sp³-hybridized carbons (Fsp3) is 0.190. The van der Waals surface area contributed by atoms with E-state index in [2.05, 4.69) is 15.6 Å². The van der Waals surface area contributed by atoms with E-state index in [0.717, 1.165) is 16.1 Å². The fourth-order valence-corrected chi connectivity index (χ4v) is 3.35. The average molecular weight is 414 g/mol. The third-order valence-electron chi connectivity index (χ3n) is 4.00. The molecule has 0 bridgehead atoms. The lowest BCUT2D eigenvalue weighted by Gasteiger charge is -2.09. The Hall–Kier alpha value is -2.70. The highest BCUT2D eigenvalue weighted by Crippen LogP contribution is 2.25. The van der Waals surface area contributed by atoms with Gasteiger partial charge in [-0.1, -0.05) is 49.7 Å². The highest BCUT2D eigenvalue weighted by Gasteiger charge is 2.12. The van der Waals surface area contributed by atoms with Crippen molar-refractivity contribution >= 4 is 40.4 Å². The number of amides is 2. The van der Waals surface area contributed by atoms with E-state index in [1.807, 2.05) is 50.2 Å². The number of hydrogen-bond donors (Lipinski definition) is 2. The Kier molecular flexibility index (Phi) is 6.44. The summed E-state index contributed by atoms with van der Waals surface area (Å²) in [4.78, 5) is 28.6. The quantitative estimate of drug-likeness (QED) is 0.598. The highest BCUT2D eigenvalue weighted by molar-refractivity contribution is 7.13. The zero-order valence-electron chi connectivity index (χ0n) is 15.5. The summed E-state index contributed by atoms with van der Waals surface area (Å²) in [7, 11) is 0. The Bertz CT molecular complexity index is 983. The summed E-state index contributed by atoms with van der Waals surface area (Å²) >= 11 is 7.31. The number of carbonyl (C=O) groups is 2. The lowest BCUT2D eigenvalue weighted by Crippen LogP contribution is -2.23. The Morgan fingerprint density at radius 1 is 1.14 bits per heavy atom. The zero-order valence-corrected chi connectivity index (χ0v) is 17.1.